The molecule has 3 heterocycles. The Hall–Kier alpha value is -2.72. The van der Waals surface area contributed by atoms with Crippen LogP contribution in [0.25, 0.3) is 16.3 Å². The number of carbonyl (C=O) groups is 1. The molecule has 0 saturated carbocycles. The molecule has 0 radical (unpaired) electrons. The first-order chi connectivity index (χ1) is 13.8. The van der Waals surface area contributed by atoms with Gasteiger partial charge >= 0.3 is 6.18 Å². The molecule has 3 aromatic rings. The molecule has 1 aromatic carbocycles. The third kappa shape index (κ3) is 4.18. The van der Waals surface area contributed by atoms with Gasteiger partial charge in [-0.05, 0) is 31.2 Å². The van der Waals surface area contributed by atoms with Gasteiger partial charge in [-0.15, -0.1) is 11.3 Å². The zero-order valence-electron chi connectivity index (χ0n) is 15.5. The predicted molar refractivity (Wildman–Crippen MR) is 103 cm³/mol. The molecule has 0 spiro atoms. The Morgan fingerprint density at radius 3 is 2.72 bits per heavy atom. The van der Waals surface area contributed by atoms with Crippen LogP contribution in [0.3, 0.4) is 0 Å². The van der Waals surface area contributed by atoms with Gasteiger partial charge in [-0.1, -0.05) is 0 Å². The highest BCUT2D eigenvalue weighted by Gasteiger charge is 2.30. The van der Waals surface area contributed by atoms with Gasteiger partial charge < -0.3 is 10.2 Å². The number of rotatable bonds is 3. The van der Waals surface area contributed by atoms with Crippen LogP contribution >= 0.6 is 11.3 Å². The number of halogens is 3. The summed E-state index contributed by atoms with van der Waals surface area (Å²) in [6.45, 7) is 4.06. The van der Waals surface area contributed by atoms with Gasteiger partial charge in [0.15, 0.2) is 0 Å². The van der Waals surface area contributed by atoms with E-state index in [2.05, 4.69) is 15.4 Å². The number of hydrogen-bond donors (Lipinski definition) is 1. The highest BCUT2D eigenvalue weighted by atomic mass is 32.1. The minimum absolute atomic E-state index is 0.101. The molecule has 4 rings (SSSR count). The molecule has 29 heavy (non-hydrogen) atoms. The molecule has 0 unspecified atom stereocenters. The second-order valence-corrected chi connectivity index (χ2v) is 7.72. The molecular weight excluding hydrogens is 403 g/mol. The summed E-state index contributed by atoms with van der Waals surface area (Å²) in [5.41, 5.74) is 0.884. The van der Waals surface area contributed by atoms with Crippen LogP contribution in [0.15, 0.2) is 42.0 Å². The molecule has 1 aliphatic rings. The van der Waals surface area contributed by atoms with Gasteiger partial charge in [0.2, 0.25) is 0 Å². The Bertz CT molecular complexity index is 1010. The first-order valence-electron chi connectivity index (χ1n) is 9.02. The highest BCUT2D eigenvalue weighted by molar-refractivity contribution is 7.13. The highest BCUT2D eigenvalue weighted by Crippen LogP contribution is 2.30. The Morgan fingerprint density at radius 1 is 1.28 bits per heavy atom. The number of aromatic nitrogens is 3. The van der Waals surface area contributed by atoms with Crippen molar-refractivity contribution in [2.24, 2.45) is 0 Å². The van der Waals surface area contributed by atoms with Crippen molar-refractivity contribution >= 4 is 17.2 Å². The monoisotopic (exact) mass is 421 g/mol. The summed E-state index contributed by atoms with van der Waals surface area (Å²) >= 11 is 1.33. The van der Waals surface area contributed by atoms with E-state index in [0.29, 0.717) is 35.0 Å². The summed E-state index contributed by atoms with van der Waals surface area (Å²) in [6, 6.07) is 5.01. The average Bonchev–Trinajstić information content (AvgIpc) is 3.36. The normalized spacial score (nSPS) is 17.5. The number of hydrogen-bond acceptors (Lipinski definition) is 5. The fourth-order valence-electron chi connectivity index (χ4n) is 3.16. The summed E-state index contributed by atoms with van der Waals surface area (Å²) in [6.07, 6.45) is -1.11. The summed E-state index contributed by atoms with van der Waals surface area (Å²) in [5.74, 6) is -0.101. The number of nitrogens with one attached hydrogen (secondary N) is 1. The van der Waals surface area contributed by atoms with E-state index in [1.54, 1.807) is 22.7 Å². The van der Waals surface area contributed by atoms with Crippen LogP contribution in [-0.2, 0) is 6.18 Å². The molecule has 1 fully saturated rings. The van der Waals surface area contributed by atoms with Crippen molar-refractivity contribution in [1.29, 1.82) is 0 Å². The zero-order valence-corrected chi connectivity index (χ0v) is 16.3. The van der Waals surface area contributed by atoms with Crippen LogP contribution in [0.1, 0.15) is 23.0 Å². The van der Waals surface area contributed by atoms with Crippen molar-refractivity contribution in [1.82, 2.24) is 25.0 Å². The van der Waals surface area contributed by atoms with Gasteiger partial charge in [0, 0.05) is 42.8 Å². The zero-order chi connectivity index (χ0) is 20.6. The fraction of sp³-hybridized carbons (Fsp3) is 0.316. The van der Waals surface area contributed by atoms with Crippen LogP contribution < -0.4 is 5.32 Å². The van der Waals surface area contributed by atoms with E-state index < -0.39 is 11.7 Å². The van der Waals surface area contributed by atoms with Gasteiger partial charge in [-0.2, -0.15) is 18.3 Å². The molecule has 1 N–H and O–H groups in total. The van der Waals surface area contributed by atoms with Gasteiger partial charge in [0.1, 0.15) is 10.7 Å². The molecule has 6 nitrogen and oxygen atoms in total. The molecule has 152 valence electrons. The number of carbonyl (C=O) groups excluding carboxylic acids is 1. The van der Waals surface area contributed by atoms with Gasteiger partial charge in [0.25, 0.3) is 5.91 Å². The van der Waals surface area contributed by atoms with E-state index in [1.807, 2.05) is 6.92 Å². The van der Waals surface area contributed by atoms with E-state index in [9.17, 15) is 18.0 Å². The summed E-state index contributed by atoms with van der Waals surface area (Å²) in [4.78, 5) is 18.9. The molecule has 1 aliphatic heterocycles. The average molecular weight is 421 g/mol. The third-order valence-corrected chi connectivity index (χ3v) is 5.56. The SMILES string of the molecule is C[C@H]1CN(C(=O)c2csc(-c3cnn(-c4ccc(C(F)(F)F)cc4)c3)n2)CCN1. The van der Waals surface area contributed by atoms with Crippen molar-refractivity contribution in [3.8, 4) is 16.3 Å². The molecule has 10 heteroatoms. The number of benzene rings is 1. The maximum absolute atomic E-state index is 12.7. The number of piperazine rings is 1. The summed E-state index contributed by atoms with van der Waals surface area (Å²) in [5, 5.41) is 9.86. The van der Waals surface area contributed by atoms with Gasteiger partial charge in [-0.25, -0.2) is 9.67 Å². The lowest BCUT2D eigenvalue weighted by atomic mass is 10.2. The number of nitrogens with zero attached hydrogens (tertiary/aromatic N) is 4. The van der Waals surface area contributed by atoms with Crippen LogP contribution in [0.5, 0.6) is 0 Å². The quantitative estimate of drug-likeness (QED) is 0.704. The number of alkyl halides is 3. The minimum Gasteiger partial charge on any atom is -0.334 e. The summed E-state index contributed by atoms with van der Waals surface area (Å²) in [7, 11) is 0. The Morgan fingerprint density at radius 2 is 2.03 bits per heavy atom. The van der Waals surface area contributed by atoms with Crippen molar-refractivity contribution in [3.63, 3.8) is 0 Å². The second kappa shape index (κ2) is 7.60. The molecule has 0 bridgehead atoms. The van der Waals surface area contributed by atoms with Crippen LogP contribution in [0, 0.1) is 0 Å². The number of amides is 1. The Kier molecular flexibility index (Phi) is 5.13. The van der Waals surface area contributed by atoms with Crippen molar-refractivity contribution in [2.75, 3.05) is 19.6 Å². The first-order valence-corrected chi connectivity index (χ1v) is 9.90. The minimum atomic E-state index is -4.38. The Balaban J connectivity index is 1.51. The van der Waals surface area contributed by atoms with E-state index in [-0.39, 0.29) is 11.9 Å². The van der Waals surface area contributed by atoms with E-state index >= 15 is 0 Å². The predicted octanol–water partition coefficient (Wildman–Crippen LogP) is 3.45. The van der Waals surface area contributed by atoms with E-state index in [4.69, 9.17) is 0 Å². The molecule has 2 aromatic heterocycles. The first kappa shape index (κ1) is 19.6. The lowest BCUT2D eigenvalue weighted by Gasteiger charge is -2.31. The number of thiazole rings is 1. The van der Waals surface area contributed by atoms with E-state index in [1.165, 1.54) is 28.2 Å². The lowest BCUT2D eigenvalue weighted by molar-refractivity contribution is -0.137. The fourth-order valence-corrected chi connectivity index (χ4v) is 3.93. The maximum atomic E-state index is 12.7. The topological polar surface area (TPSA) is 63.1 Å². The molecule has 1 amide bonds. The molecular formula is C19H18F3N5OS. The third-order valence-electron chi connectivity index (χ3n) is 4.67. The van der Waals surface area contributed by atoms with Gasteiger partial charge in [-0.3, -0.25) is 4.79 Å². The summed E-state index contributed by atoms with van der Waals surface area (Å²) < 4.78 is 39.6. The van der Waals surface area contributed by atoms with Crippen molar-refractivity contribution in [2.45, 2.75) is 19.1 Å². The standard InChI is InChI=1S/C19H18F3N5OS/c1-12-9-26(7-6-23-12)18(28)16-11-29-17(25-16)13-8-24-27(10-13)15-4-2-14(3-5-15)19(20,21)22/h2-5,8,10-12,23H,6-7,9H2,1H3/t12-/m0/s1. The van der Waals surface area contributed by atoms with Crippen molar-refractivity contribution < 1.29 is 18.0 Å². The largest absolute Gasteiger partial charge is 0.416 e. The van der Waals surface area contributed by atoms with Crippen LogP contribution in [-0.4, -0.2) is 51.2 Å². The van der Waals surface area contributed by atoms with Crippen LogP contribution in [0.2, 0.25) is 0 Å². The van der Waals surface area contributed by atoms with Crippen LogP contribution in [0.4, 0.5) is 13.2 Å². The Labute approximate surface area is 169 Å². The molecule has 0 aliphatic carbocycles. The maximum Gasteiger partial charge on any atom is 0.416 e. The van der Waals surface area contributed by atoms with Crippen molar-refractivity contribution in [3.05, 3.63) is 53.3 Å². The molecule has 1 saturated heterocycles. The van der Waals surface area contributed by atoms with Gasteiger partial charge in [0.05, 0.1) is 17.4 Å². The smallest absolute Gasteiger partial charge is 0.334 e. The lowest BCUT2D eigenvalue weighted by Crippen LogP contribution is -2.51. The second-order valence-electron chi connectivity index (χ2n) is 6.86. The molecule has 1 atom stereocenters. The van der Waals surface area contributed by atoms with E-state index in [0.717, 1.165) is 18.7 Å².